The van der Waals surface area contributed by atoms with Crippen molar-refractivity contribution in [3.63, 3.8) is 0 Å². The van der Waals surface area contributed by atoms with Crippen LogP contribution in [0.15, 0.2) is 67.0 Å². The summed E-state index contributed by atoms with van der Waals surface area (Å²) in [5, 5.41) is 3.40. The minimum atomic E-state index is -0.211. The molecule has 1 aliphatic rings. The fourth-order valence-electron chi connectivity index (χ4n) is 3.76. The Bertz CT molecular complexity index is 1260. The lowest BCUT2D eigenvalue weighted by Crippen LogP contribution is -2.47. The van der Waals surface area contributed by atoms with Crippen molar-refractivity contribution in [3.8, 4) is 5.69 Å². The highest BCUT2D eigenvalue weighted by Gasteiger charge is 2.21. The van der Waals surface area contributed by atoms with Gasteiger partial charge in [-0.2, -0.15) is 0 Å². The van der Waals surface area contributed by atoms with E-state index in [0.717, 1.165) is 42.1 Å². The van der Waals surface area contributed by atoms with Crippen LogP contribution in [-0.4, -0.2) is 64.4 Å². The number of amides is 2. The second kappa shape index (κ2) is 8.57. The number of nitrogens with one attached hydrogen (secondary N) is 1. The molecule has 2 aromatic carbocycles. The summed E-state index contributed by atoms with van der Waals surface area (Å²) in [6.07, 6.45) is 3.91. The Hall–Kier alpha value is -3.49. The van der Waals surface area contributed by atoms with Crippen LogP contribution in [0.2, 0.25) is 0 Å². The van der Waals surface area contributed by atoms with Crippen molar-refractivity contribution in [2.24, 2.45) is 0 Å². The van der Waals surface area contributed by atoms with Gasteiger partial charge in [0.2, 0.25) is 0 Å². The molecule has 0 spiro atoms. The summed E-state index contributed by atoms with van der Waals surface area (Å²) in [5.74, 6) is -0.168. The molecule has 5 rings (SSSR count). The number of hydrogen-bond donors (Lipinski definition) is 1. The maximum atomic E-state index is 12.9. The Kier molecular flexibility index (Phi) is 5.46. The van der Waals surface area contributed by atoms with Crippen LogP contribution in [0.25, 0.3) is 15.9 Å². The lowest BCUT2D eigenvalue weighted by molar-refractivity contribution is 0.0664. The lowest BCUT2D eigenvalue weighted by atomic mass is 10.1. The molecule has 0 unspecified atom stereocenters. The van der Waals surface area contributed by atoms with Gasteiger partial charge in [-0.1, -0.05) is 11.3 Å². The van der Waals surface area contributed by atoms with E-state index >= 15 is 0 Å². The van der Waals surface area contributed by atoms with Gasteiger partial charge in [0.25, 0.3) is 11.8 Å². The first-order valence-corrected chi connectivity index (χ1v) is 11.3. The molecule has 1 saturated heterocycles. The molecule has 2 amide bonds. The lowest BCUT2D eigenvalue weighted by Gasteiger charge is -2.32. The molecule has 1 fully saturated rings. The molecule has 162 valence electrons. The van der Waals surface area contributed by atoms with Crippen LogP contribution in [0.1, 0.15) is 20.7 Å². The highest BCUT2D eigenvalue weighted by atomic mass is 32.1. The number of thiazole rings is 1. The van der Waals surface area contributed by atoms with Gasteiger partial charge in [0.1, 0.15) is 0 Å². The van der Waals surface area contributed by atoms with E-state index in [9.17, 15) is 9.59 Å². The molecule has 7 nitrogen and oxygen atoms in total. The molecule has 2 aromatic heterocycles. The second-order valence-corrected chi connectivity index (χ2v) is 8.92. The van der Waals surface area contributed by atoms with Gasteiger partial charge in [0, 0.05) is 55.4 Å². The van der Waals surface area contributed by atoms with E-state index in [1.807, 2.05) is 64.3 Å². The zero-order valence-electron chi connectivity index (χ0n) is 17.7. The van der Waals surface area contributed by atoms with Crippen LogP contribution in [0.4, 0.5) is 5.13 Å². The largest absolute Gasteiger partial charge is 0.336 e. The Labute approximate surface area is 189 Å². The minimum Gasteiger partial charge on any atom is -0.336 e. The van der Waals surface area contributed by atoms with E-state index < -0.39 is 0 Å². The summed E-state index contributed by atoms with van der Waals surface area (Å²) >= 11 is 1.37. The SMILES string of the molecule is CN1CCN(C(=O)c2ccc3nc(NC(=O)c4ccc(-n5cccc5)cc4)sc3c2)CC1. The van der Waals surface area contributed by atoms with Gasteiger partial charge < -0.3 is 14.4 Å². The first-order valence-electron chi connectivity index (χ1n) is 10.5. The average molecular weight is 446 g/mol. The zero-order chi connectivity index (χ0) is 22.1. The standard InChI is InChI=1S/C24H23N5O2S/c1-27-12-14-29(15-13-27)23(31)18-6-9-20-21(16-18)32-24(25-20)26-22(30)17-4-7-19(8-5-17)28-10-2-3-11-28/h2-11,16H,12-15H2,1H3,(H,25,26,30). The predicted molar refractivity (Wildman–Crippen MR) is 127 cm³/mol. The molecule has 1 aliphatic heterocycles. The number of benzene rings is 2. The van der Waals surface area contributed by atoms with E-state index in [4.69, 9.17) is 0 Å². The summed E-state index contributed by atoms with van der Waals surface area (Å²) < 4.78 is 2.86. The van der Waals surface area contributed by atoms with E-state index in [1.165, 1.54) is 11.3 Å². The van der Waals surface area contributed by atoms with Crippen molar-refractivity contribution in [1.29, 1.82) is 0 Å². The Morgan fingerprint density at radius 2 is 1.62 bits per heavy atom. The molecule has 0 atom stereocenters. The fourth-order valence-corrected chi connectivity index (χ4v) is 4.66. The van der Waals surface area contributed by atoms with Gasteiger partial charge >= 0.3 is 0 Å². The third-order valence-electron chi connectivity index (χ3n) is 5.68. The van der Waals surface area contributed by atoms with Crippen molar-refractivity contribution < 1.29 is 9.59 Å². The number of anilines is 1. The Balaban J connectivity index is 1.29. The van der Waals surface area contributed by atoms with Crippen molar-refractivity contribution in [1.82, 2.24) is 19.4 Å². The molecule has 0 aliphatic carbocycles. The summed E-state index contributed by atoms with van der Waals surface area (Å²) in [5.41, 5.74) is 2.97. The van der Waals surface area contributed by atoms with E-state index in [2.05, 4.69) is 22.2 Å². The normalized spacial score (nSPS) is 14.6. The highest BCUT2D eigenvalue weighted by Crippen LogP contribution is 2.28. The molecular weight excluding hydrogens is 422 g/mol. The van der Waals surface area contributed by atoms with Crippen LogP contribution in [0, 0.1) is 0 Å². The highest BCUT2D eigenvalue weighted by molar-refractivity contribution is 7.22. The number of nitrogens with zero attached hydrogens (tertiary/aromatic N) is 4. The number of carbonyl (C=O) groups excluding carboxylic acids is 2. The third kappa shape index (κ3) is 4.15. The summed E-state index contributed by atoms with van der Waals surface area (Å²) in [6, 6.07) is 16.8. The van der Waals surface area contributed by atoms with Gasteiger partial charge in [0.05, 0.1) is 10.2 Å². The minimum absolute atomic E-state index is 0.0433. The number of piperazine rings is 1. The molecule has 0 bridgehead atoms. The van der Waals surface area contributed by atoms with Gasteiger partial charge in [-0.05, 0) is 61.6 Å². The molecule has 0 radical (unpaired) electrons. The number of rotatable bonds is 4. The first kappa shape index (κ1) is 20.4. The van der Waals surface area contributed by atoms with Crippen LogP contribution < -0.4 is 5.32 Å². The molecule has 32 heavy (non-hydrogen) atoms. The first-order chi connectivity index (χ1) is 15.6. The zero-order valence-corrected chi connectivity index (χ0v) is 18.5. The maximum absolute atomic E-state index is 12.9. The van der Waals surface area contributed by atoms with Crippen LogP contribution in [-0.2, 0) is 0 Å². The smallest absolute Gasteiger partial charge is 0.257 e. The van der Waals surface area contributed by atoms with Crippen molar-refractivity contribution >= 4 is 38.5 Å². The third-order valence-corrected chi connectivity index (χ3v) is 6.61. The van der Waals surface area contributed by atoms with Crippen molar-refractivity contribution in [3.05, 3.63) is 78.1 Å². The molecule has 0 saturated carbocycles. The number of likely N-dealkylation sites (N-methyl/N-ethyl adjacent to an activating group) is 1. The Morgan fingerprint density at radius 1 is 0.938 bits per heavy atom. The second-order valence-electron chi connectivity index (χ2n) is 7.89. The van der Waals surface area contributed by atoms with E-state index in [0.29, 0.717) is 16.3 Å². The predicted octanol–water partition coefficient (Wildman–Crippen LogP) is 3.73. The monoisotopic (exact) mass is 445 g/mol. The van der Waals surface area contributed by atoms with Gasteiger partial charge in [-0.3, -0.25) is 14.9 Å². The van der Waals surface area contributed by atoms with Crippen LogP contribution in [0.5, 0.6) is 0 Å². The maximum Gasteiger partial charge on any atom is 0.257 e. The van der Waals surface area contributed by atoms with Gasteiger partial charge in [-0.25, -0.2) is 4.98 Å². The molecule has 1 N–H and O–H groups in total. The number of fused-ring (bicyclic) bond motifs is 1. The number of carbonyl (C=O) groups is 2. The van der Waals surface area contributed by atoms with E-state index in [-0.39, 0.29) is 11.8 Å². The van der Waals surface area contributed by atoms with Gasteiger partial charge in [0.15, 0.2) is 5.13 Å². The Morgan fingerprint density at radius 3 is 2.34 bits per heavy atom. The molecular formula is C24H23N5O2S. The van der Waals surface area contributed by atoms with Crippen LogP contribution >= 0.6 is 11.3 Å². The summed E-state index contributed by atoms with van der Waals surface area (Å²) in [6.45, 7) is 3.25. The van der Waals surface area contributed by atoms with Gasteiger partial charge in [-0.15, -0.1) is 0 Å². The van der Waals surface area contributed by atoms with Crippen molar-refractivity contribution in [2.75, 3.05) is 38.5 Å². The quantitative estimate of drug-likeness (QED) is 0.520. The summed E-state index contributed by atoms with van der Waals surface area (Å²) in [4.78, 5) is 34.2. The van der Waals surface area contributed by atoms with Crippen LogP contribution in [0.3, 0.4) is 0 Å². The number of aromatic nitrogens is 2. The average Bonchev–Trinajstić information content (AvgIpc) is 3.48. The number of hydrogen-bond acceptors (Lipinski definition) is 5. The summed E-state index contributed by atoms with van der Waals surface area (Å²) in [7, 11) is 2.07. The molecule has 8 heteroatoms. The molecule has 4 aromatic rings. The van der Waals surface area contributed by atoms with E-state index in [1.54, 1.807) is 12.1 Å². The fraction of sp³-hybridized carbons (Fsp3) is 0.208. The topological polar surface area (TPSA) is 70.5 Å². The molecule has 3 heterocycles. The van der Waals surface area contributed by atoms with Crippen molar-refractivity contribution in [2.45, 2.75) is 0 Å².